The highest BCUT2D eigenvalue weighted by Gasteiger charge is 2.31. The van der Waals surface area contributed by atoms with E-state index in [0.29, 0.717) is 5.92 Å². The molecule has 2 aromatic heterocycles. The van der Waals surface area contributed by atoms with Crippen LogP contribution in [0, 0.1) is 5.92 Å². The highest BCUT2D eigenvalue weighted by molar-refractivity contribution is 7.21. The summed E-state index contributed by atoms with van der Waals surface area (Å²) in [6.07, 6.45) is 1.94. The average molecular weight is 796 g/mol. The summed E-state index contributed by atoms with van der Waals surface area (Å²) in [5.41, 5.74) is 12.3. The van der Waals surface area contributed by atoms with Gasteiger partial charge in [-0.2, -0.15) is 0 Å². The van der Waals surface area contributed by atoms with Crippen LogP contribution in [0.5, 0.6) is 5.75 Å². The summed E-state index contributed by atoms with van der Waals surface area (Å²) < 4.78 is 14.8. The second-order valence-electron chi connectivity index (χ2n) is 15.4. The monoisotopic (exact) mass is 795 g/mol. The molecule has 3 heterocycles. The average Bonchev–Trinajstić information content (AvgIpc) is 3.92. The van der Waals surface area contributed by atoms with Crippen molar-refractivity contribution in [2.75, 3.05) is 9.80 Å². The molecule has 0 spiro atoms. The summed E-state index contributed by atoms with van der Waals surface area (Å²) >= 11 is 1.72. The third-order valence-corrected chi connectivity index (χ3v) is 12.8. The number of fused-ring (bicyclic) bond motifs is 5. The minimum Gasteiger partial charge on any atom is -0.485 e. The predicted molar refractivity (Wildman–Crippen MR) is 249 cm³/mol. The minimum atomic E-state index is -0.0696. The number of hydrogen-bond acceptors (Lipinski definition) is 6. The number of nitrogens with zero attached hydrogens (tertiary/aromatic N) is 3. The van der Waals surface area contributed by atoms with E-state index in [1.807, 2.05) is 12.1 Å². The maximum atomic E-state index is 6.85. The maximum absolute atomic E-state index is 6.85. The molecule has 5 nitrogen and oxygen atoms in total. The molecule has 11 rings (SSSR count). The summed E-state index contributed by atoms with van der Waals surface area (Å²) in [7, 11) is 0. The van der Waals surface area contributed by atoms with Crippen molar-refractivity contribution in [1.29, 1.82) is 0 Å². The van der Waals surface area contributed by atoms with Crippen LogP contribution in [-0.4, -0.2) is 4.98 Å². The number of rotatable bonds is 9. The molecule has 60 heavy (non-hydrogen) atoms. The Morgan fingerprint density at radius 2 is 1.27 bits per heavy atom. The largest absolute Gasteiger partial charge is 0.485 e. The van der Waals surface area contributed by atoms with Crippen LogP contribution in [0.3, 0.4) is 0 Å². The van der Waals surface area contributed by atoms with E-state index in [-0.39, 0.29) is 6.10 Å². The molecule has 10 aromatic rings. The predicted octanol–water partition coefficient (Wildman–Crippen LogP) is 15.5. The standard InChI is InChI=1S/C54H41N3O2S/c1-2-36-31-37-17-9-12-28-48(37)59-53(36)38-18-15-25-43(32-38)57(41-22-7-4-8-23-41)47-34-44(35-50-52(47)45-26-10-13-29-49(45)58-50)56(40-20-5-3-6-21-40)42-24-16-19-39(33-42)54-55-46-27-11-14-30-51(46)60-54/h3-30,32-36,53H,2,31H2,1H3. The molecule has 0 amide bonds. The first-order valence-corrected chi connectivity index (χ1v) is 21.5. The van der Waals surface area contributed by atoms with Gasteiger partial charge in [-0.15, -0.1) is 11.3 Å². The smallest absolute Gasteiger partial charge is 0.139 e. The highest BCUT2D eigenvalue weighted by Crippen LogP contribution is 2.49. The van der Waals surface area contributed by atoms with Crippen molar-refractivity contribution in [3.8, 4) is 16.3 Å². The normalized spacial score (nSPS) is 14.9. The molecule has 0 aliphatic carbocycles. The van der Waals surface area contributed by atoms with Gasteiger partial charge in [0, 0.05) is 45.7 Å². The van der Waals surface area contributed by atoms with Gasteiger partial charge in [0.2, 0.25) is 0 Å². The van der Waals surface area contributed by atoms with E-state index in [9.17, 15) is 0 Å². The number of anilines is 6. The van der Waals surface area contributed by atoms with Crippen molar-refractivity contribution in [3.63, 3.8) is 0 Å². The summed E-state index contributed by atoms with van der Waals surface area (Å²) in [5.74, 6) is 1.33. The van der Waals surface area contributed by atoms with Crippen molar-refractivity contribution in [3.05, 3.63) is 205 Å². The third-order valence-electron chi connectivity index (χ3n) is 11.7. The molecule has 6 heteroatoms. The van der Waals surface area contributed by atoms with Crippen LogP contribution in [-0.2, 0) is 6.42 Å². The molecule has 8 aromatic carbocycles. The number of ether oxygens (including phenoxy) is 1. The van der Waals surface area contributed by atoms with E-state index < -0.39 is 0 Å². The number of benzene rings is 8. The second kappa shape index (κ2) is 15.2. The van der Waals surface area contributed by atoms with Crippen LogP contribution in [0.4, 0.5) is 34.1 Å². The first-order valence-electron chi connectivity index (χ1n) is 20.6. The second-order valence-corrected chi connectivity index (χ2v) is 16.5. The number of aromatic nitrogens is 1. The Hall–Kier alpha value is -7.15. The van der Waals surface area contributed by atoms with Gasteiger partial charge in [0.15, 0.2) is 0 Å². The molecule has 0 N–H and O–H groups in total. The Morgan fingerprint density at radius 3 is 2.08 bits per heavy atom. The van der Waals surface area contributed by atoms with E-state index in [4.69, 9.17) is 14.1 Å². The van der Waals surface area contributed by atoms with E-state index in [2.05, 4.69) is 199 Å². The molecule has 1 aliphatic heterocycles. The van der Waals surface area contributed by atoms with Gasteiger partial charge in [0.25, 0.3) is 0 Å². The quantitative estimate of drug-likeness (QED) is 0.146. The van der Waals surface area contributed by atoms with E-state index in [0.717, 1.165) is 96.3 Å². The fraction of sp³-hybridized carbons (Fsp3) is 0.0926. The van der Waals surface area contributed by atoms with Crippen molar-refractivity contribution >= 4 is 77.6 Å². The lowest BCUT2D eigenvalue weighted by Gasteiger charge is -2.34. The van der Waals surface area contributed by atoms with Gasteiger partial charge < -0.3 is 19.0 Å². The zero-order valence-electron chi connectivity index (χ0n) is 33.1. The Balaban J connectivity index is 1.12. The molecule has 0 radical (unpaired) electrons. The number of furan rings is 1. The zero-order valence-corrected chi connectivity index (χ0v) is 33.9. The van der Waals surface area contributed by atoms with Gasteiger partial charge in [-0.25, -0.2) is 4.98 Å². The van der Waals surface area contributed by atoms with Crippen LogP contribution in [0.25, 0.3) is 42.7 Å². The van der Waals surface area contributed by atoms with Crippen molar-refractivity contribution < 1.29 is 9.15 Å². The molecule has 0 saturated heterocycles. The van der Waals surface area contributed by atoms with Gasteiger partial charge in [-0.1, -0.05) is 116 Å². The molecule has 2 unspecified atom stereocenters. The lowest BCUT2D eigenvalue weighted by atomic mass is 9.85. The molecule has 1 aliphatic rings. The highest BCUT2D eigenvalue weighted by atomic mass is 32.1. The lowest BCUT2D eigenvalue weighted by Crippen LogP contribution is -2.25. The van der Waals surface area contributed by atoms with Crippen LogP contribution in [0.1, 0.15) is 30.6 Å². The molecule has 0 bridgehead atoms. The third kappa shape index (κ3) is 6.46. The molecular weight excluding hydrogens is 755 g/mol. The molecule has 290 valence electrons. The first kappa shape index (κ1) is 36.0. The SMILES string of the molecule is CCC1Cc2ccccc2OC1c1cccc(N(c2ccccc2)c2cc(N(c3ccccc3)c3cccc(-c4nc5ccccc5s4)c3)cc3oc4ccccc4c23)c1. The van der Waals surface area contributed by atoms with Crippen molar-refractivity contribution in [2.24, 2.45) is 5.92 Å². The van der Waals surface area contributed by atoms with Crippen molar-refractivity contribution in [1.82, 2.24) is 4.98 Å². The topological polar surface area (TPSA) is 41.7 Å². The minimum absolute atomic E-state index is 0.0696. The van der Waals surface area contributed by atoms with Crippen LogP contribution < -0.4 is 14.5 Å². The number of para-hydroxylation sites is 5. The zero-order chi connectivity index (χ0) is 40.0. The fourth-order valence-electron chi connectivity index (χ4n) is 8.88. The summed E-state index contributed by atoms with van der Waals surface area (Å²) in [4.78, 5) is 9.74. The first-order chi connectivity index (χ1) is 29.7. The Bertz CT molecular complexity index is 3100. The fourth-order valence-corrected chi connectivity index (χ4v) is 9.84. The Morgan fingerprint density at radius 1 is 0.583 bits per heavy atom. The molecule has 0 saturated carbocycles. The Labute approximate surface area is 353 Å². The van der Waals surface area contributed by atoms with Gasteiger partial charge in [-0.05, 0) is 103 Å². The van der Waals surface area contributed by atoms with Gasteiger partial charge in [-0.3, -0.25) is 0 Å². The van der Waals surface area contributed by atoms with Gasteiger partial charge in [0.1, 0.15) is 28.0 Å². The van der Waals surface area contributed by atoms with Gasteiger partial charge >= 0.3 is 0 Å². The van der Waals surface area contributed by atoms with E-state index in [1.54, 1.807) is 11.3 Å². The van der Waals surface area contributed by atoms with Crippen LogP contribution in [0.15, 0.2) is 199 Å². The molecule has 0 fully saturated rings. The number of thiazole rings is 1. The summed E-state index contributed by atoms with van der Waals surface area (Å²) in [6, 6.07) is 68.6. The molecule has 2 atom stereocenters. The van der Waals surface area contributed by atoms with Gasteiger partial charge in [0.05, 0.1) is 27.0 Å². The number of hydrogen-bond donors (Lipinski definition) is 0. The van der Waals surface area contributed by atoms with Crippen LogP contribution >= 0.6 is 11.3 Å². The maximum Gasteiger partial charge on any atom is 0.139 e. The van der Waals surface area contributed by atoms with E-state index in [1.165, 1.54) is 10.3 Å². The summed E-state index contributed by atoms with van der Waals surface area (Å²) in [6.45, 7) is 2.27. The summed E-state index contributed by atoms with van der Waals surface area (Å²) in [5, 5.41) is 3.10. The van der Waals surface area contributed by atoms with Crippen molar-refractivity contribution in [2.45, 2.75) is 25.9 Å². The molecular formula is C54H41N3O2S. The van der Waals surface area contributed by atoms with Crippen LogP contribution in [0.2, 0.25) is 0 Å². The lowest BCUT2D eigenvalue weighted by molar-refractivity contribution is 0.111. The Kier molecular flexibility index (Phi) is 9.13. The van der Waals surface area contributed by atoms with E-state index >= 15 is 0 Å².